The van der Waals surface area contributed by atoms with Crippen LogP contribution in [-0.2, 0) is 13.4 Å². The van der Waals surface area contributed by atoms with Crippen LogP contribution in [0.3, 0.4) is 0 Å². The number of benzene rings is 2. The molecule has 0 amide bonds. The Hall–Kier alpha value is -1.70. The second kappa shape index (κ2) is 10.1. The van der Waals surface area contributed by atoms with Gasteiger partial charge < -0.3 is 29.8 Å². The zero-order chi connectivity index (χ0) is 17.9. The Morgan fingerprint density at radius 2 is 0.870 bits per heavy atom. The van der Waals surface area contributed by atoms with Gasteiger partial charge in [0, 0.05) is 0 Å². The van der Waals surface area contributed by atoms with Crippen molar-refractivity contribution in [3.05, 3.63) is 60.7 Å². The van der Waals surface area contributed by atoms with Gasteiger partial charge in [-0.25, -0.2) is 9.13 Å². The van der Waals surface area contributed by atoms with Crippen molar-refractivity contribution in [2.24, 2.45) is 0 Å². The van der Waals surface area contributed by atoms with E-state index in [4.69, 9.17) is 29.8 Å². The third-order valence-electron chi connectivity index (χ3n) is 1.73. The fourth-order valence-electron chi connectivity index (χ4n) is 0.995. The van der Waals surface area contributed by atoms with E-state index < -0.39 is 15.6 Å². The normalized spacial score (nSPS) is 10.6. The number of phenols is 2. The van der Waals surface area contributed by atoms with E-state index >= 15 is 0 Å². The molecular formula is C12H16O9P2. The molecule has 0 radical (unpaired) electrons. The number of aromatic hydroxyl groups is 2. The molecule has 0 heterocycles. The van der Waals surface area contributed by atoms with Gasteiger partial charge in [-0.15, -0.1) is 0 Å². The average molecular weight is 366 g/mol. The van der Waals surface area contributed by atoms with Crippen molar-refractivity contribution in [1.82, 2.24) is 0 Å². The van der Waals surface area contributed by atoms with Gasteiger partial charge in [0.1, 0.15) is 11.5 Å². The fraction of sp³-hybridized carbons (Fsp3) is 0. The molecule has 11 heteroatoms. The summed E-state index contributed by atoms with van der Waals surface area (Å²) in [7, 11) is -10.1. The SMILES string of the molecule is O=P(O)(O)OP(=O)(O)O.Oc1ccccc1.Oc1ccccc1. The summed E-state index contributed by atoms with van der Waals surface area (Å²) in [4.78, 5) is 31.0. The molecule has 0 aromatic heterocycles. The summed E-state index contributed by atoms with van der Waals surface area (Å²) >= 11 is 0. The number of phosphoric acid groups is 2. The Kier molecular flexibility index (Phi) is 9.40. The molecule has 128 valence electrons. The van der Waals surface area contributed by atoms with Gasteiger partial charge in [0.2, 0.25) is 0 Å². The first kappa shape index (κ1) is 21.3. The van der Waals surface area contributed by atoms with Gasteiger partial charge in [-0.1, -0.05) is 36.4 Å². The first-order valence-electron chi connectivity index (χ1n) is 5.80. The smallest absolute Gasteiger partial charge is 0.478 e. The Labute approximate surface area is 131 Å². The molecule has 23 heavy (non-hydrogen) atoms. The second-order valence-corrected chi connectivity index (χ2v) is 6.35. The van der Waals surface area contributed by atoms with Crippen LogP contribution in [-0.4, -0.2) is 29.8 Å². The molecule has 0 aliphatic carbocycles. The second-order valence-electron chi connectivity index (χ2n) is 3.73. The number of phenolic OH excluding ortho intramolecular Hbond substituents is 2. The summed E-state index contributed by atoms with van der Waals surface area (Å²) in [6.45, 7) is 0. The molecule has 2 aromatic rings. The van der Waals surface area contributed by atoms with Crippen LogP contribution in [0.2, 0.25) is 0 Å². The van der Waals surface area contributed by atoms with E-state index in [1.54, 1.807) is 48.5 Å². The molecule has 2 aromatic carbocycles. The highest BCUT2D eigenvalue weighted by atomic mass is 31.3. The molecule has 0 saturated carbocycles. The highest BCUT2D eigenvalue weighted by Crippen LogP contribution is 2.53. The van der Waals surface area contributed by atoms with Gasteiger partial charge in [0.05, 0.1) is 0 Å². The van der Waals surface area contributed by atoms with E-state index in [-0.39, 0.29) is 0 Å². The van der Waals surface area contributed by atoms with E-state index in [2.05, 4.69) is 4.31 Å². The Morgan fingerprint density at radius 1 is 0.609 bits per heavy atom. The standard InChI is InChI=1S/2C6H6O.H4O7P2/c2*7-6-4-2-1-3-5-6;1-8(2,3)7-9(4,5)6/h2*1-5,7H;(H2,1,2,3)(H2,4,5,6). The predicted octanol–water partition coefficient (Wildman–Crippen LogP) is 1.97. The quantitative estimate of drug-likeness (QED) is 0.436. The molecule has 0 aliphatic rings. The highest BCUT2D eigenvalue weighted by molar-refractivity contribution is 7.60. The van der Waals surface area contributed by atoms with Crippen molar-refractivity contribution in [3.8, 4) is 11.5 Å². The van der Waals surface area contributed by atoms with Crippen molar-refractivity contribution in [2.45, 2.75) is 0 Å². The van der Waals surface area contributed by atoms with Gasteiger partial charge in [0.15, 0.2) is 0 Å². The minimum absolute atomic E-state index is 0.322. The van der Waals surface area contributed by atoms with Gasteiger partial charge >= 0.3 is 15.6 Å². The van der Waals surface area contributed by atoms with Crippen LogP contribution < -0.4 is 0 Å². The summed E-state index contributed by atoms with van der Waals surface area (Å²) < 4.78 is 22.2. The lowest BCUT2D eigenvalue weighted by Crippen LogP contribution is -1.84. The highest BCUT2D eigenvalue weighted by Gasteiger charge is 2.27. The Balaban J connectivity index is 0.000000318. The topological polar surface area (TPSA) is 165 Å². The summed E-state index contributed by atoms with van der Waals surface area (Å²) in [5.74, 6) is 0.644. The fourth-order valence-corrected chi connectivity index (χ4v) is 2.10. The van der Waals surface area contributed by atoms with Crippen LogP contribution in [0.4, 0.5) is 0 Å². The summed E-state index contributed by atoms with van der Waals surface area (Å²) in [5, 5.41) is 17.3. The Bertz CT molecular complexity index is 579. The van der Waals surface area contributed by atoms with E-state index in [1.165, 1.54) is 0 Å². The maximum atomic E-state index is 9.63. The minimum atomic E-state index is -5.05. The van der Waals surface area contributed by atoms with Crippen molar-refractivity contribution in [2.75, 3.05) is 0 Å². The molecule has 0 fully saturated rings. The van der Waals surface area contributed by atoms with Crippen LogP contribution in [0.25, 0.3) is 0 Å². The molecule has 6 N–H and O–H groups in total. The molecule has 0 atom stereocenters. The number of hydrogen-bond acceptors (Lipinski definition) is 5. The van der Waals surface area contributed by atoms with Gasteiger partial charge in [0.25, 0.3) is 0 Å². The maximum Gasteiger partial charge on any atom is 0.478 e. The molecule has 0 bridgehead atoms. The predicted molar refractivity (Wildman–Crippen MR) is 81.4 cm³/mol. The monoisotopic (exact) mass is 366 g/mol. The van der Waals surface area contributed by atoms with Gasteiger partial charge in [-0.3, -0.25) is 0 Å². The van der Waals surface area contributed by atoms with Crippen molar-refractivity contribution in [1.29, 1.82) is 0 Å². The van der Waals surface area contributed by atoms with Crippen LogP contribution in [0.1, 0.15) is 0 Å². The van der Waals surface area contributed by atoms with Crippen molar-refractivity contribution < 1.29 is 43.2 Å². The van der Waals surface area contributed by atoms with Crippen LogP contribution in [0.15, 0.2) is 60.7 Å². The lowest BCUT2D eigenvalue weighted by molar-refractivity contribution is 0.225. The third kappa shape index (κ3) is 16.5. The first-order valence-corrected chi connectivity index (χ1v) is 8.86. The largest absolute Gasteiger partial charge is 0.508 e. The lowest BCUT2D eigenvalue weighted by Gasteiger charge is -2.03. The molecular weight excluding hydrogens is 350 g/mol. The molecule has 0 spiro atoms. The third-order valence-corrected chi connectivity index (χ3v) is 3.43. The number of para-hydroxylation sites is 2. The number of hydrogen-bond donors (Lipinski definition) is 6. The average Bonchev–Trinajstić information content (AvgIpc) is 2.37. The first-order chi connectivity index (χ1) is 10.5. The van der Waals surface area contributed by atoms with Crippen LogP contribution in [0, 0.1) is 0 Å². The minimum Gasteiger partial charge on any atom is -0.508 e. The van der Waals surface area contributed by atoms with E-state index in [1.807, 2.05) is 12.1 Å². The molecule has 2 rings (SSSR count). The van der Waals surface area contributed by atoms with Gasteiger partial charge in [-0.2, -0.15) is 4.31 Å². The van der Waals surface area contributed by atoms with Crippen molar-refractivity contribution >= 4 is 15.6 Å². The lowest BCUT2D eigenvalue weighted by atomic mass is 10.3. The summed E-state index contributed by atoms with van der Waals surface area (Å²) in [6.07, 6.45) is 0. The summed E-state index contributed by atoms with van der Waals surface area (Å²) in [6, 6.07) is 17.4. The zero-order valence-corrected chi connectivity index (χ0v) is 13.4. The summed E-state index contributed by atoms with van der Waals surface area (Å²) in [5.41, 5.74) is 0. The van der Waals surface area contributed by atoms with E-state index in [0.717, 1.165) is 0 Å². The zero-order valence-electron chi connectivity index (χ0n) is 11.6. The number of rotatable bonds is 2. The molecule has 0 unspecified atom stereocenters. The van der Waals surface area contributed by atoms with Crippen LogP contribution >= 0.6 is 15.6 Å². The molecule has 0 aliphatic heterocycles. The van der Waals surface area contributed by atoms with E-state index in [0.29, 0.717) is 11.5 Å². The molecule has 9 nitrogen and oxygen atoms in total. The Morgan fingerprint density at radius 3 is 0.957 bits per heavy atom. The van der Waals surface area contributed by atoms with Crippen LogP contribution in [0.5, 0.6) is 11.5 Å². The molecule has 0 saturated heterocycles. The van der Waals surface area contributed by atoms with Crippen molar-refractivity contribution in [3.63, 3.8) is 0 Å². The maximum absolute atomic E-state index is 9.63. The van der Waals surface area contributed by atoms with E-state index in [9.17, 15) is 9.13 Å². The van der Waals surface area contributed by atoms with Gasteiger partial charge in [-0.05, 0) is 24.3 Å².